The number of benzene rings is 1. The molecule has 2 aromatic rings. The van der Waals surface area contributed by atoms with Crippen LogP contribution in [0.25, 0.3) is 10.9 Å². The highest BCUT2D eigenvalue weighted by Crippen LogP contribution is 2.21. The smallest absolute Gasteiger partial charge is 0.253 e. The van der Waals surface area contributed by atoms with E-state index in [9.17, 15) is 4.79 Å². The number of aliphatic hydroxyl groups is 1. The van der Waals surface area contributed by atoms with E-state index in [4.69, 9.17) is 5.11 Å². The van der Waals surface area contributed by atoms with Crippen LogP contribution in [0, 0.1) is 12.8 Å². The first-order chi connectivity index (χ1) is 9.67. The largest absolute Gasteiger partial charge is 0.396 e. The summed E-state index contributed by atoms with van der Waals surface area (Å²) < 4.78 is 0. The van der Waals surface area contributed by atoms with E-state index in [1.54, 1.807) is 0 Å². The first-order valence-corrected chi connectivity index (χ1v) is 7.13. The van der Waals surface area contributed by atoms with Crippen LogP contribution in [0.5, 0.6) is 0 Å². The average molecular weight is 274 g/mol. The molecule has 0 aliphatic heterocycles. The summed E-state index contributed by atoms with van der Waals surface area (Å²) in [6.45, 7) is 4.76. The lowest BCUT2D eigenvalue weighted by atomic mass is 10.0. The van der Waals surface area contributed by atoms with Crippen molar-refractivity contribution in [1.29, 1.82) is 0 Å². The topological polar surface area (TPSA) is 65.1 Å². The fraction of sp³-hybridized carbons (Fsp3) is 0.438. The van der Waals surface area contributed by atoms with Gasteiger partial charge in [-0.25, -0.2) is 0 Å². The van der Waals surface area contributed by atoms with Crippen molar-refractivity contribution in [3.8, 4) is 0 Å². The van der Waals surface area contributed by atoms with Crippen LogP contribution in [0.3, 0.4) is 0 Å². The predicted molar refractivity (Wildman–Crippen MR) is 80.9 cm³/mol. The molecule has 1 amide bonds. The van der Waals surface area contributed by atoms with E-state index in [0.29, 0.717) is 12.5 Å². The van der Waals surface area contributed by atoms with Crippen molar-refractivity contribution in [3.05, 3.63) is 35.5 Å². The summed E-state index contributed by atoms with van der Waals surface area (Å²) in [6, 6.07) is 7.82. The molecule has 3 N–H and O–H groups in total. The number of rotatable bonds is 6. The van der Waals surface area contributed by atoms with Gasteiger partial charge in [-0.05, 0) is 25.3 Å². The quantitative estimate of drug-likeness (QED) is 0.758. The molecule has 1 atom stereocenters. The molecular weight excluding hydrogens is 252 g/mol. The Labute approximate surface area is 119 Å². The third kappa shape index (κ3) is 3.02. The summed E-state index contributed by atoms with van der Waals surface area (Å²) in [7, 11) is 0. The zero-order valence-electron chi connectivity index (χ0n) is 12.1. The van der Waals surface area contributed by atoms with Crippen LogP contribution in [0.4, 0.5) is 0 Å². The van der Waals surface area contributed by atoms with Crippen LogP contribution in [0.1, 0.15) is 35.8 Å². The molecule has 0 aliphatic carbocycles. The van der Waals surface area contributed by atoms with Crippen molar-refractivity contribution in [2.75, 3.05) is 13.2 Å². The Balaban J connectivity index is 2.13. The van der Waals surface area contributed by atoms with Gasteiger partial charge < -0.3 is 15.4 Å². The van der Waals surface area contributed by atoms with E-state index >= 15 is 0 Å². The number of aliphatic hydroxyl groups excluding tert-OH is 1. The lowest BCUT2D eigenvalue weighted by molar-refractivity contribution is 0.0944. The Morgan fingerprint density at radius 2 is 2.15 bits per heavy atom. The molecule has 4 heteroatoms. The fourth-order valence-corrected chi connectivity index (χ4v) is 2.53. The number of fused-ring (bicyclic) bond motifs is 1. The number of amides is 1. The van der Waals surface area contributed by atoms with Crippen molar-refractivity contribution in [1.82, 2.24) is 10.3 Å². The Hall–Kier alpha value is -1.81. The number of aromatic amines is 1. The van der Waals surface area contributed by atoms with E-state index in [1.807, 2.05) is 31.2 Å². The highest BCUT2D eigenvalue weighted by atomic mass is 16.3. The third-order valence-corrected chi connectivity index (χ3v) is 3.79. The van der Waals surface area contributed by atoms with E-state index in [0.717, 1.165) is 35.0 Å². The molecule has 0 aliphatic rings. The van der Waals surface area contributed by atoms with Gasteiger partial charge in [0.25, 0.3) is 5.91 Å². The normalized spacial score (nSPS) is 12.6. The summed E-state index contributed by atoms with van der Waals surface area (Å²) in [5, 5.41) is 12.9. The van der Waals surface area contributed by atoms with Crippen molar-refractivity contribution in [2.45, 2.75) is 26.7 Å². The molecule has 0 saturated heterocycles. The first kappa shape index (κ1) is 14.6. The van der Waals surface area contributed by atoms with E-state index in [1.165, 1.54) is 0 Å². The Bertz CT molecular complexity index is 589. The molecule has 0 radical (unpaired) electrons. The second-order valence-electron chi connectivity index (χ2n) is 5.17. The molecule has 1 unspecified atom stereocenters. The van der Waals surface area contributed by atoms with Crippen molar-refractivity contribution in [3.63, 3.8) is 0 Å². The molecule has 1 aromatic heterocycles. The average Bonchev–Trinajstić information content (AvgIpc) is 2.79. The molecule has 0 fully saturated rings. The molecular formula is C16H22N2O2. The summed E-state index contributed by atoms with van der Waals surface area (Å²) in [5.74, 6) is 0.283. The molecule has 4 nitrogen and oxygen atoms in total. The van der Waals surface area contributed by atoms with Gasteiger partial charge in [0, 0.05) is 29.7 Å². The standard InChI is InChI=1S/C16H22N2O2/c1-3-12(8-9-19)10-17-16(20)15-11(2)18-14-7-5-4-6-13(14)15/h4-7,12,18-19H,3,8-10H2,1-2H3,(H,17,20). The molecule has 0 bridgehead atoms. The number of carbonyl (C=O) groups is 1. The number of aromatic nitrogens is 1. The Morgan fingerprint density at radius 1 is 1.40 bits per heavy atom. The van der Waals surface area contributed by atoms with Crippen LogP contribution in [0.15, 0.2) is 24.3 Å². The number of para-hydroxylation sites is 1. The molecule has 1 aromatic carbocycles. The van der Waals surface area contributed by atoms with Gasteiger partial charge in [-0.2, -0.15) is 0 Å². The van der Waals surface area contributed by atoms with Gasteiger partial charge in [-0.3, -0.25) is 4.79 Å². The minimum atomic E-state index is -0.0451. The molecule has 0 spiro atoms. The van der Waals surface area contributed by atoms with Crippen molar-refractivity contribution < 1.29 is 9.90 Å². The third-order valence-electron chi connectivity index (χ3n) is 3.79. The maximum Gasteiger partial charge on any atom is 0.253 e. The summed E-state index contributed by atoms with van der Waals surface area (Å²) >= 11 is 0. The van der Waals surface area contributed by atoms with Gasteiger partial charge in [-0.1, -0.05) is 31.5 Å². The van der Waals surface area contributed by atoms with Gasteiger partial charge in [0.15, 0.2) is 0 Å². The van der Waals surface area contributed by atoms with Crippen LogP contribution < -0.4 is 5.32 Å². The number of hydrogen-bond acceptors (Lipinski definition) is 2. The number of carbonyl (C=O) groups excluding carboxylic acids is 1. The first-order valence-electron chi connectivity index (χ1n) is 7.13. The molecule has 1 heterocycles. The molecule has 0 saturated carbocycles. The summed E-state index contributed by atoms with van der Waals surface area (Å²) in [6.07, 6.45) is 1.68. The zero-order chi connectivity index (χ0) is 14.5. The predicted octanol–water partition coefficient (Wildman–Crippen LogP) is 2.61. The minimum Gasteiger partial charge on any atom is -0.396 e. The number of hydrogen-bond donors (Lipinski definition) is 3. The zero-order valence-corrected chi connectivity index (χ0v) is 12.1. The lowest BCUT2D eigenvalue weighted by Crippen LogP contribution is -2.29. The van der Waals surface area contributed by atoms with Crippen LogP contribution in [-0.4, -0.2) is 29.1 Å². The highest BCUT2D eigenvalue weighted by molar-refractivity contribution is 6.08. The Morgan fingerprint density at radius 3 is 2.85 bits per heavy atom. The van der Waals surface area contributed by atoms with Gasteiger partial charge in [0.1, 0.15) is 0 Å². The molecule has 20 heavy (non-hydrogen) atoms. The summed E-state index contributed by atoms with van der Waals surface area (Å²) in [4.78, 5) is 15.6. The minimum absolute atomic E-state index is 0.0451. The van der Waals surface area contributed by atoms with Crippen LogP contribution in [0.2, 0.25) is 0 Å². The van der Waals surface area contributed by atoms with Gasteiger partial charge in [-0.15, -0.1) is 0 Å². The second kappa shape index (κ2) is 6.57. The van der Waals surface area contributed by atoms with E-state index in [2.05, 4.69) is 17.2 Å². The van der Waals surface area contributed by atoms with E-state index in [-0.39, 0.29) is 12.5 Å². The van der Waals surface area contributed by atoms with Gasteiger partial charge >= 0.3 is 0 Å². The summed E-state index contributed by atoms with van der Waals surface area (Å²) in [5.41, 5.74) is 2.59. The monoisotopic (exact) mass is 274 g/mol. The van der Waals surface area contributed by atoms with Crippen molar-refractivity contribution >= 4 is 16.8 Å². The number of H-pyrrole nitrogens is 1. The SMILES string of the molecule is CCC(CCO)CNC(=O)c1c(C)[nH]c2ccccc12. The highest BCUT2D eigenvalue weighted by Gasteiger charge is 2.16. The second-order valence-corrected chi connectivity index (χ2v) is 5.17. The number of aryl methyl sites for hydroxylation is 1. The number of nitrogens with one attached hydrogen (secondary N) is 2. The van der Waals surface area contributed by atoms with Crippen molar-refractivity contribution in [2.24, 2.45) is 5.92 Å². The van der Waals surface area contributed by atoms with Crippen LogP contribution >= 0.6 is 0 Å². The maximum atomic E-state index is 12.4. The van der Waals surface area contributed by atoms with Crippen LogP contribution in [-0.2, 0) is 0 Å². The lowest BCUT2D eigenvalue weighted by Gasteiger charge is -2.14. The van der Waals surface area contributed by atoms with E-state index < -0.39 is 0 Å². The van der Waals surface area contributed by atoms with Gasteiger partial charge in [0.05, 0.1) is 5.56 Å². The Kier molecular flexibility index (Phi) is 4.79. The maximum absolute atomic E-state index is 12.4. The molecule has 108 valence electrons. The van der Waals surface area contributed by atoms with Gasteiger partial charge in [0.2, 0.25) is 0 Å². The fourth-order valence-electron chi connectivity index (χ4n) is 2.53. The molecule has 2 rings (SSSR count).